The predicted octanol–water partition coefficient (Wildman–Crippen LogP) is 2.24. The Kier molecular flexibility index (Phi) is 3.32. The number of aromatic nitrogens is 1. The Bertz CT molecular complexity index is 391. The molecular formula is C8H6F5NO2. The van der Waals surface area contributed by atoms with E-state index in [-0.39, 0.29) is 0 Å². The van der Waals surface area contributed by atoms with Gasteiger partial charge in [-0.1, -0.05) is 0 Å². The number of pyridine rings is 1. The lowest BCUT2D eigenvalue weighted by Crippen LogP contribution is -2.13. The Hall–Kier alpha value is -1.44. The summed E-state index contributed by atoms with van der Waals surface area (Å²) in [5, 5.41) is 17.5. The topological polar surface area (TPSA) is 53.4 Å². The molecule has 90 valence electrons. The molecule has 1 aromatic heterocycles. The molecule has 16 heavy (non-hydrogen) atoms. The van der Waals surface area contributed by atoms with Crippen molar-refractivity contribution >= 4 is 0 Å². The molecule has 0 saturated heterocycles. The number of hydrogen-bond acceptors (Lipinski definition) is 3. The van der Waals surface area contributed by atoms with Crippen LogP contribution >= 0.6 is 0 Å². The fourth-order valence-electron chi connectivity index (χ4n) is 1.21. The largest absolute Gasteiger partial charge is 0.506 e. The molecule has 1 rings (SSSR count). The van der Waals surface area contributed by atoms with Gasteiger partial charge in [0.25, 0.3) is 6.43 Å². The summed E-state index contributed by atoms with van der Waals surface area (Å²) in [6, 6.07) is 0. The van der Waals surface area contributed by atoms with Crippen LogP contribution in [0.15, 0.2) is 6.20 Å². The van der Waals surface area contributed by atoms with Crippen molar-refractivity contribution in [2.45, 2.75) is 19.2 Å². The fraction of sp³-hybridized carbons (Fsp3) is 0.375. The van der Waals surface area contributed by atoms with Gasteiger partial charge in [0.1, 0.15) is 11.3 Å². The Balaban J connectivity index is 3.55. The molecule has 3 nitrogen and oxygen atoms in total. The summed E-state index contributed by atoms with van der Waals surface area (Å²) in [7, 11) is 0. The molecule has 0 atom stereocenters. The molecular weight excluding hydrogens is 237 g/mol. The number of aromatic hydroxyl groups is 1. The number of halogens is 5. The van der Waals surface area contributed by atoms with Crippen LogP contribution in [0.3, 0.4) is 0 Å². The molecule has 0 bridgehead atoms. The monoisotopic (exact) mass is 243 g/mol. The van der Waals surface area contributed by atoms with E-state index in [4.69, 9.17) is 10.2 Å². The maximum atomic E-state index is 12.4. The van der Waals surface area contributed by atoms with Crippen LogP contribution in [-0.4, -0.2) is 15.2 Å². The molecule has 0 amide bonds. The van der Waals surface area contributed by atoms with Crippen LogP contribution < -0.4 is 0 Å². The van der Waals surface area contributed by atoms with Crippen LogP contribution in [0.5, 0.6) is 5.75 Å². The fourth-order valence-corrected chi connectivity index (χ4v) is 1.21. The second-order valence-electron chi connectivity index (χ2n) is 2.84. The summed E-state index contributed by atoms with van der Waals surface area (Å²) in [5.41, 5.74) is -4.16. The van der Waals surface area contributed by atoms with Crippen molar-refractivity contribution < 1.29 is 32.2 Å². The Morgan fingerprint density at radius 1 is 1.31 bits per heavy atom. The number of aliphatic hydroxyl groups is 1. The normalized spacial score (nSPS) is 12.2. The molecule has 0 radical (unpaired) electrons. The second kappa shape index (κ2) is 4.20. The number of hydrogen-bond donors (Lipinski definition) is 2. The summed E-state index contributed by atoms with van der Waals surface area (Å²) < 4.78 is 62.0. The zero-order valence-electron chi connectivity index (χ0n) is 7.59. The summed E-state index contributed by atoms with van der Waals surface area (Å²) in [6.07, 6.45) is -8.25. The van der Waals surface area contributed by atoms with Crippen molar-refractivity contribution in [1.82, 2.24) is 4.98 Å². The third-order valence-electron chi connectivity index (χ3n) is 1.83. The van der Waals surface area contributed by atoms with Crippen LogP contribution in [0, 0.1) is 0 Å². The first-order valence-electron chi connectivity index (χ1n) is 3.96. The maximum absolute atomic E-state index is 12.4. The SMILES string of the molecule is OCc1ncc(O)c(C(F)(F)F)c1C(F)F. The Morgan fingerprint density at radius 3 is 2.25 bits per heavy atom. The van der Waals surface area contributed by atoms with Gasteiger partial charge in [0.05, 0.1) is 24.1 Å². The van der Waals surface area contributed by atoms with Crippen LogP contribution in [0.2, 0.25) is 0 Å². The van der Waals surface area contributed by atoms with Gasteiger partial charge in [0.15, 0.2) is 0 Å². The lowest BCUT2D eigenvalue weighted by Gasteiger charge is -2.15. The van der Waals surface area contributed by atoms with E-state index >= 15 is 0 Å². The van der Waals surface area contributed by atoms with Gasteiger partial charge >= 0.3 is 6.18 Å². The average Bonchev–Trinajstić information content (AvgIpc) is 2.15. The van der Waals surface area contributed by atoms with Gasteiger partial charge in [0, 0.05) is 0 Å². The predicted molar refractivity (Wildman–Crippen MR) is 41.8 cm³/mol. The highest BCUT2D eigenvalue weighted by Crippen LogP contribution is 2.42. The first-order valence-corrected chi connectivity index (χ1v) is 3.96. The zero-order chi connectivity index (χ0) is 12.5. The molecule has 0 aromatic carbocycles. The smallest absolute Gasteiger partial charge is 0.420 e. The van der Waals surface area contributed by atoms with Crippen LogP contribution in [-0.2, 0) is 12.8 Å². The number of aliphatic hydroxyl groups excluding tert-OH is 1. The molecule has 0 aliphatic carbocycles. The minimum absolute atomic E-state index is 0.375. The highest BCUT2D eigenvalue weighted by Gasteiger charge is 2.40. The average molecular weight is 243 g/mol. The number of rotatable bonds is 2. The third-order valence-corrected chi connectivity index (χ3v) is 1.83. The Labute approximate surface area is 86.2 Å². The molecule has 0 aliphatic heterocycles. The van der Waals surface area contributed by atoms with E-state index in [0.717, 1.165) is 0 Å². The van der Waals surface area contributed by atoms with Gasteiger partial charge in [-0.2, -0.15) is 13.2 Å². The van der Waals surface area contributed by atoms with Gasteiger partial charge in [-0.15, -0.1) is 0 Å². The molecule has 8 heteroatoms. The lowest BCUT2D eigenvalue weighted by atomic mass is 10.1. The van der Waals surface area contributed by atoms with Crippen LogP contribution in [0.1, 0.15) is 23.2 Å². The van der Waals surface area contributed by atoms with Gasteiger partial charge in [-0.3, -0.25) is 4.98 Å². The van der Waals surface area contributed by atoms with Crippen molar-refractivity contribution in [3.05, 3.63) is 23.0 Å². The van der Waals surface area contributed by atoms with E-state index in [1.807, 2.05) is 0 Å². The molecule has 2 N–H and O–H groups in total. The zero-order valence-corrected chi connectivity index (χ0v) is 7.59. The van der Waals surface area contributed by atoms with Crippen molar-refractivity contribution in [3.63, 3.8) is 0 Å². The quantitative estimate of drug-likeness (QED) is 0.783. The standard InChI is InChI=1S/C8H6F5NO2/c9-7(10)5-3(2-15)14-1-4(16)6(5)8(11,12)13/h1,7,15-16H,2H2. The molecule has 1 aromatic rings. The van der Waals surface area contributed by atoms with E-state index < -0.39 is 41.8 Å². The van der Waals surface area contributed by atoms with Crippen LogP contribution in [0.4, 0.5) is 22.0 Å². The van der Waals surface area contributed by atoms with E-state index in [2.05, 4.69) is 4.98 Å². The van der Waals surface area contributed by atoms with Gasteiger partial charge in [-0.05, 0) is 0 Å². The highest BCUT2D eigenvalue weighted by molar-refractivity contribution is 5.42. The molecule has 0 spiro atoms. The van der Waals surface area contributed by atoms with E-state index in [9.17, 15) is 22.0 Å². The summed E-state index contributed by atoms with van der Waals surface area (Å²) >= 11 is 0. The van der Waals surface area contributed by atoms with Gasteiger partial charge in [-0.25, -0.2) is 8.78 Å². The molecule has 0 aliphatic rings. The number of alkyl halides is 5. The molecule has 0 fully saturated rings. The summed E-state index contributed by atoms with van der Waals surface area (Å²) in [5.74, 6) is -1.39. The highest BCUT2D eigenvalue weighted by atomic mass is 19.4. The van der Waals surface area contributed by atoms with Gasteiger partial charge in [0.2, 0.25) is 0 Å². The molecule has 0 unspecified atom stereocenters. The van der Waals surface area contributed by atoms with Crippen molar-refractivity contribution in [1.29, 1.82) is 0 Å². The summed E-state index contributed by atoms with van der Waals surface area (Å²) in [4.78, 5) is 3.11. The third kappa shape index (κ3) is 2.21. The van der Waals surface area contributed by atoms with E-state index in [1.165, 1.54) is 0 Å². The minimum Gasteiger partial charge on any atom is -0.506 e. The van der Waals surface area contributed by atoms with Crippen molar-refractivity contribution in [2.24, 2.45) is 0 Å². The maximum Gasteiger partial charge on any atom is 0.420 e. The lowest BCUT2D eigenvalue weighted by molar-refractivity contribution is -0.141. The molecule has 1 heterocycles. The van der Waals surface area contributed by atoms with E-state index in [0.29, 0.717) is 6.20 Å². The second-order valence-corrected chi connectivity index (χ2v) is 2.84. The minimum atomic E-state index is -5.14. The van der Waals surface area contributed by atoms with Crippen molar-refractivity contribution in [3.8, 4) is 5.75 Å². The first-order chi connectivity index (χ1) is 7.29. The molecule has 0 saturated carbocycles. The first kappa shape index (κ1) is 12.6. The van der Waals surface area contributed by atoms with E-state index in [1.54, 1.807) is 0 Å². The summed E-state index contributed by atoms with van der Waals surface area (Å²) in [6.45, 7) is -1.07. The van der Waals surface area contributed by atoms with Gasteiger partial charge < -0.3 is 10.2 Å². The van der Waals surface area contributed by atoms with Crippen molar-refractivity contribution in [2.75, 3.05) is 0 Å². The number of nitrogens with zero attached hydrogens (tertiary/aromatic N) is 1. The Morgan fingerprint density at radius 2 is 1.88 bits per heavy atom. The van der Waals surface area contributed by atoms with Crippen LogP contribution in [0.25, 0.3) is 0 Å².